The molecule has 0 N–H and O–H groups in total. The first-order valence-corrected chi connectivity index (χ1v) is 8.04. The van der Waals surface area contributed by atoms with Crippen LogP contribution in [-0.2, 0) is 4.57 Å². The fraction of sp³-hybridized carbons (Fsp3) is 0.0769. The Balaban J connectivity index is 2.44. The molecule has 0 saturated carbocycles. The van der Waals surface area contributed by atoms with E-state index < -0.39 is 7.49 Å². The van der Waals surface area contributed by atoms with Crippen molar-refractivity contribution in [2.24, 2.45) is 0 Å². The minimum absolute atomic E-state index is 0.0256. The van der Waals surface area contributed by atoms with Gasteiger partial charge in [0, 0.05) is 11.1 Å². The molecule has 16 heavy (non-hydrogen) atoms. The minimum atomic E-state index is -1.35. The van der Waals surface area contributed by atoms with Gasteiger partial charge in [0.05, 0.1) is 0 Å². The summed E-state index contributed by atoms with van der Waals surface area (Å²) >= 11 is 0. The van der Waals surface area contributed by atoms with Crippen LogP contribution in [0.3, 0.4) is 0 Å². The second-order valence-corrected chi connectivity index (χ2v) is 6.35. The van der Waals surface area contributed by atoms with Gasteiger partial charge in [-0.05, 0) is 0 Å². The molecule has 0 saturated heterocycles. The molecule has 0 aliphatic carbocycles. The Hall–Kier alpha value is -1.03. The summed E-state index contributed by atoms with van der Waals surface area (Å²) in [5.74, 6) is 0. The molecular weight excluding hydrogens is 234 g/mol. The van der Waals surface area contributed by atoms with Crippen LogP contribution in [0.25, 0.3) is 0 Å². The maximum absolute atomic E-state index is 11.9. The summed E-state index contributed by atoms with van der Waals surface area (Å²) < 4.78 is 11.9. The number of rotatable bonds is 3. The summed E-state index contributed by atoms with van der Waals surface area (Å²) in [6.45, 7) is 0. The fourth-order valence-electron chi connectivity index (χ4n) is 1.76. The Labute approximate surface area is 98.8 Å². The van der Waals surface area contributed by atoms with Crippen molar-refractivity contribution >= 4 is 16.4 Å². The van der Waals surface area contributed by atoms with Crippen molar-refractivity contribution in [3.63, 3.8) is 0 Å². The van der Waals surface area contributed by atoms with Gasteiger partial charge in [0.25, 0.3) is 0 Å². The number of hydrogen-bond acceptors (Lipinski definition) is 1. The van der Waals surface area contributed by atoms with Crippen LogP contribution in [0.4, 0.5) is 0 Å². The molecule has 0 aliphatic heterocycles. The van der Waals surface area contributed by atoms with Crippen LogP contribution in [0.2, 0.25) is 0 Å². The monoisotopic (exact) mass is 247 g/mol. The maximum Gasteiger partial charge on any atom is 0.361 e. The Morgan fingerprint density at radius 1 is 0.812 bits per heavy atom. The van der Waals surface area contributed by atoms with E-state index in [-0.39, 0.29) is 5.66 Å². The van der Waals surface area contributed by atoms with Crippen molar-refractivity contribution in [3.8, 4) is 0 Å². The van der Waals surface area contributed by atoms with Crippen molar-refractivity contribution in [1.29, 1.82) is 0 Å². The predicted octanol–water partition coefficient (Wildman–Crippen LogP) is 4.39. The van der Waals surface area contributed by atoms with Gasteiger partial charge in [0.15, 0.2) is 0 Å². The van der Waals surface area contributed by atoms with E-state index >= 15 is 0 Å². The van der Waals surface area contributed by atoms with Crippen LogP contribution in [0, 0.1) is 0 Å². The highest BCUT2D eigenvalue weighted by molar-refractivity contribution is 8.06. The van der Waals surface area contributed by atoms with Crippen LogP contribution < -0.4 is 0 Å². The molecular formula is C13H13OP2+. The lowest BCUT2D eigenvalue weighted by Crippen LogP contribution is -1.93. The Morgan fingerprint density at radius 2 is 1.19 bits per heavy atom. The highest BCUT2D eigenvalue weighted by Gasteiger charge is 2.28. The Bertz CT molecular complexity index is 428. The summed E-state index contributed by atoms with van der Waals surface area (Å²) in [6, 6.07) is 20.0. The first-order valence-electron chi connectivity index (χ1n) is 5.10. The lowest BCUT2D eigenvalue weighted by molar-refractivity contribution is 0.592. The van der Waals surface area contributed by atoms with Gasteiger partial charge in [0.1, 0.15) is 8.93 Å². The van der Waals surface area contributed by atoms with Crippen molar-refractivity contribution < 1.29 is 4.57 Å². The van der Waals surface area contributed by atoms with Gasteiger partial charge in [-0.15, -0.1) is 0 Å². The Kier molecular flexibility index (Phi) is 3.83. The second kappa shape index (κ2) is 5.34. The summed E-state index contributed by atoms with van der Waals surface area (Å²) in [5, 5.41) is 0. The van der Waals surface area contributed by atoms with E-state index in [4.69, 9.17) is 0 Å². The number of hydrogen-bond donors (Lipinski definition) is 0. The molecule has 2 unspecified atom stereocenters. The van der Waals surface area contributed by atoms with Gasteiger partial charge >= 0.3 is 7.49 Å². The second-order valence-electron chi connectivity index (χ2n) is 3.58. The molecule has 0 spiro atoms. The average molecular weight is 247 g/mol. The van der Waals surface area contributed by atoms with Gasteiger partial charge < -0.3 is 0 Å². The zero-order chi connectivity index (χ0) is 11.4. The van der Waals surface area contributed by atoms with Gasteiger partial charge in [0.2, 0.25) is 5.66 Å². The van der Waals surface area contributed by atoms with E-state index in [0.717, 1.165) is 11.1 Å². The van der Waals surface area contributed by atoms with Gasteiger partial charge in [-0.1, -0.05) is 65.2 Å². The van der Waals surface area contributed by atoms with Crippen LogP contribution in [0.15, 0.2) is 60.7 Å². The van der Waals surface area contributed by atoms with Crippen LogP contribution >= 0.6 is 16.4 Å². The minimum Gasteiger partial charge on any atom is -0.0718 e. The molecule has 1 nitrogen and oxygen atoms in total. The molecule has 2 aromatic carbocycles. The number of benzene rings is 2. The highest BCUT2D eigenvalue weighted by atomic mass is 32.0. The topological polar surface area (TPSA) is 17.1 Å². The van der Waals surface area contributed by atoms with Gasteiger partial charge in [-0.2, -0.15) is 0 Å². The quantitative estimate of drug-likeness (QED) is 0.735. The molecule has 2 rings (SSSR count). The summed E-state index contributed by atoms with van der Waals surface area (Å²) in [7, 11) is 1.08. The van der Waals surface area contributed by atoms with E-state index in [0.29, 0.717) is 0 Å². The third kappa shape index (κ3) is 2.55. The SMILES string of the molecule is O=[P+](P)C(c1ccccc1)c1ccccc1. The summed E-state index contributed by atoms with van der Waals surface area (Å²) in [4.78, 5) is 0. The average Bonchev–Trinajstić information content (AvgIpc) is 2.31. The standard InChI is InChI=1S/C13H13OP2/c14-16(15)13(11-7-3-1-4-8-11)12-9-5-2-6-10-12/h1-10,13H,15H2/q+1. The molecule has 0 amide bonds. The lowest BCUT2D eigenvalue weighted by Gasteiger charge is -2.06. The first kappa shape index (κ1) is 11.5. The van der Waals surface area contributed by atoms with Gasteiger partial charge in [-0.3, -0.25) is 0 Å². The summed E-state index contributed by atoms with van der Waals surface area (Å²) in [5.41, 5.74) is 2.18. The summed E-state index contributed by atoms with van der Waals surface area (Å²) in [6.07, 6.45) is 0. The first-order chi connectivity index (χ1) is 7.79. The normalized spacial score (nSPS) is 11.5. The lowest BCUT2D eigenvalue weighted by atomic mass is 10.0. The molecule has 0 fully saturated rings. The molecule has 2 aromatic rings. The largest absolute Gasteiger partial charge is 0.361 e. The zero-order valence-corrected chi connectivity index (χ0v) is 10.8. The third-order valence-corrected chi connectivity index (χ3v) is 4.48. The Morgan fingerprint density at radius 3 is 1.50 bits per heavy atom. The smallest absolute Gasteiger partial charge is 0.0718 e. The third-order valence-electron chi connectivity index (χ3n) is 2.49. The van der Waals surface area contributed by atoms with E-state index in [1.807, 2.05) is 60.7 Å². The van der Waals surface area contributed by atoms with E-state index in [2.05, 4.69) is 8.93 Å². The van der Waals surface area contributed by atoms with Crippen LogP contribution in [-0.4, -0.2) is 0 Å². The van der Waals surface area contributed by atoms with Crippen molar-refractivity contribution in [3.05, 3.63) is 71.8 Å². The van der Waals surface area contributed by atoms with E-state index in [1.54, 1.807) is 0 Å². The maximum atomic E-state index is 11.9. The van der Waals surface area contributed by atoms with Gasteiger partial charge in [-0.25, -0.2) is 0 Å². The molecule has 0 radical (unpaired) electrons. The molecule has 2 atom stereocenters. The highest BCUT2D eigenvalue weighted by Crippen LogP contribution is 2.51. The van der Waals surface area contributed by atoms with Crippen LogP contribution in [0.1, 0.15) is 16.8 Å². The molecule has 3 heteroatoms. The molecule has 0 heterocycles. The van der Waals surface area contributed by atoms with Crippen molar-refractivity contribution in [1.82, 2.24) is 0 Å². The van der Waals surface area contributed by atoms with Crippen molar-refractivity contribution in [2.75, 3.05) is 0 Å². The molecule has 0 bridgehead atoms. The molecule has 0 aliphatic rings. The molecule has 0 aromatic heterocycles. The predicted molar refractivity (Wildman–Crippen MR) is 72.0 cm³/mol. The fourth-order valence-corrected chi connectivity index (χ4v) is 3.72. The van der Waals surface area contributed by atoms with Crippen molar-refractivity contribution in [2.45, 2.75) is 5.66 Å². The van der Waals surface area contributed by atoms with E-state index in [1.165, 1.54) is 0 Å². The van der Waals surface area contributed by atoms with Crippen LogP contribution in [0.5, 0.6) is 0 Å². The van der Waals surface area contributed by atoms with E-state index in [9.17, 15) is 4.57 Å². The molecule has 80 valence electrons. The zero-order valence-electron chi connectivity index (χ0n) is 8.78.